The maximum Gasteiger partial charge on any atom is 0.226 e. The molecule has 0 spiro atoms. The molecular weight excluding hydrogens is 342 g/mol. The van der Waals surface area contributed by atoms with Crippen molar-refractivity contribution in [1.82, 2.24) is 15.1 Å². The van der Waals surface area contributed by atoms with Crippen LogP contribution in [-0.4, -0.2) is 22.3 Å². The zero-order valence-corrected chi connectivity index (χ0v) is 17.0. The lowest BCUT2D eigenvalue weighted by Crippen LogP contribution is -2.33. The fourth-order valence-corrected chi connectivity index (χ4v) is 5.22. The van der Waals surface area contributed by atoms with Gasteiger partial charge in [-0.2, -0.15) is 5.10 Å². The maximum atomic E-state index is 5.05. The lowest BCUT2D eigenvalue weighted by atomic mass is 9.94. The predicted molar refractivity (Wildman–Crippen MR) is 109 cm³/mol. The van der Waals surface area contributed by atoms with Crippen molar-refractivity contribution in [3.8, 4) is 0 Å². The molecule has 0 aromatic carbocycles. The molecule has 0 saturated carbocycles. The van der Waals surface area contributed by atoms with Crippen molar-refractivity contribution >= 4 is 22.3 Å². The number of aliphatic imine (C=N–C) groups is 1. The molecule has 26 heavy (non-hydrogen) atoms. The molecule has 1 aliphatic heterocycles. The standard InChI is InChI=1S/C20H29N5S/c1-12(2)9-10-21-18-17-15-7-5-6-8-16(15)26-19(17)23-20(22-18)25-14(4)11-13(3)24-25/h11-12,18,21H,5-10H2,1-4H3,(H,22,23). The van der Waals surface area contributed by atoms with E-state index in [1.165, 1.54) is 36.2 Å². The molecule has 4 rings (SSSR count). The van der Waals surface area contributed by atoms with Crippen molar-refractivity contribution < 1.29 is 0 Å². The summed E-state index contributed by atoms with van der Waals surface area (Å²) in [5.74, 6) is 1.53. The summed E-state index contributed by atoms with van der Waals surface area (Å²) in [6.07, 6.45) is 6.20. The number of fused-ring (bicyclic) bond motifs is 3. The van der Waals surface area contributed by atoms with Crippen LogP contribution < -0.4 is 10.6 Å². The van der Waals surface area contributed by atoms with Crippen LogP contribution in [0.15, 0.2) is 11.1 Å². The van der Waals surface area contributed by atoms with Gasteiger partial charge in [-0.05, 0) is 70.0 Å². The van der Waals surface area contributed by atoms with Gasteiger partial charge in [0.05, 0.1) is 5.69 Å². The summed E-state index contributed by atoms with van der Waals surface area (Å²) in [6, 6.07) is 2.10. The number of hydrogen-bond donors (Lipinski definition) is 2. The van der Waals surface area contributed by atoms with Crippen LogP contribution in [0, 0.1) is 19.8 Å². The van der Waals surface area contributed by atoms with Crippen molar-refractivity contribution in [3.63, 3.8) is 0 Å². The van der Waals surface area contributed by atoms with Gasteiger partial charge < -0.3 is 5.32 Å². The lowest BCUT2D eigenvalue weighted by molar-refractivity contribution is 0.483. The quantitative estimate of drug-likeness (QED) is 0.837. The van der Waals surface area contributed by atoms with Crippen LogP contribution >= 0.6 is 11.3 Å². The van der Waals surface area contributed by atoms with E-state index in [2.05, 4.69) is 42.6 Å². The Kier molecular flexibility index (Phi) is 4.88. The van der Waals surface area contributed by atoms with E-state index >= 15 is 0 Å². The van der Waals surface area contributed by atoms with Crippen LogP contribution in [0.2, 0.25) is 0 Å². The molecule has 2 aromatic heterocycles. The Morgan fingerprint density at radius 3 is 2.85 bits per heavy atom. The molecule has 0 radical (unpaired) electrons. The smallest absolute Gasteiger partial charge is 0.226 e. The lowest BCUT2D eigenvalue weighted by Gasteiger charge is -2.26. The minimum atomic E-state index is 0.0296. The third kappa shape index (κ3) is 3.32. The fourth-order valence-electron chi connectivity index (χ4n) is 3.90. The molecule has 2 aromatic rings. The van der Waals surface area contributed by atoms with Crippen LogP contribution in [-0.2, 0) is 12.8 Å². The Morgan fingerprint density at radius 1 is 1.31 bits per heavy atom. The van der Waals surface area contributed by atoms with Gasteiger partial charge >= 0.3 is 0 Å². The molecule has 3 heterocycles. The normalized spacial score (nSPS) is 19.1. The molecule has 5 nitrogen and oxygen atoms in total. The minimum Gasteiger partial charge on any atom is -0.316 e. The second kappa shape index (κ2) is 7.16. The SMILES string of the molecule is Cc1cc(C)n(C2=NC(NCCC(C)C)c3c(sc4c3CCCC4)N2)n1. The number of aromatic nitrogens is 2. The van der Waals surface area contributed by atoms with Crippen LogP contribution in [0.4, 0.5) is 5.00 Å². The van der Waals surface area contributed by atoms with Crippen molar-refractivity contribution in [1.29, 1.82) is 0 Å². The third-order valence-electron chi connectivity index (χ3n) is 5.23. The molecule has 0 fully saturated rings. The Morgan fingerprint density at radius 2 is 2.12 bits per heavy atom. The minimum absolute atomic E-state index is 0.0296. The van der Waals surface area contributed by atoms with Gasteiger partial charge in [-0.15, -0.1) is 11.3 Å². The average molecular weight is 372 g/mol. The summed E-state index contributed by atoms with van der Waals surface area (Å²) in [5.41, 5.74) is 5.06. The van der Waals surface area contributed by atoms with Crippen LogP contribution in [0.25, 0.3) is 0 Å². The maximum absolute atomic E-state index is 5.05. The van der Waals surface area contributed by atoms with E-state index in [4.69, 9.17) is 4.99 Å². The second-order valence-electron chi connectivity index (χ2n) is 7.91. The van der Waals surface area contributed by atoms with Gasteiger partial charge in [0.2, 0.25) is 5.96 Å². The summed E-state index contributed by atoms with van der Waals surface area (Å²) in [4.78, 5) is 6.60. The number of aryl methyl sites for hydroxylation is 3. The summed E-state index contributed by atoms with van der Waals surface area (Å²) in [7, 11) is 0. The van der Waals surface area contributed by atoms with E-state index in [0.717, 1.165) is 30.3 Å². The van der Waals surface area contributed by atoms with Gasteiger partial charge in [0, 0.05) is 16.1 Å². The summed E-state index contributed by atoms with van der Waals surface area (Å²) < 4.78 is 1.94. The van der Waals surface area contributed by atoms with Crippen molar-refractivity contribution in [2.45, 2.75) is 66.0 Å². The highest BCUT2D eigenvalue weighted by Crippen LogP contribution is 2.43. The number of nitrogens with zero attached hydrogens (tertiary/aromatic N) is 3. The predicted octanol–water partition coefficient (Wildman–Crippen LogP) is 4.40. The fraction of sp³-hybridized carbons (Fsp3) is 0.600. The highest BCUT2D eigenvalue weighted by Gasteiger charge is 2.31. The zero-order valence-electron chi connectivity index (χ0n) is 16.2. The van der Waals surface area contributed by atoms with E-state index in [1.807, 2.05) is 22.9 Å². The highest BCUT2D eigenvalue weighted by atomic mass is 32.1. The third-order valence-corrected chi connectivity index (χ3v) is 6.45. The Bertz CT molecular complexity index is 830. The van der Waals surface area contributed by atoms with Gasteiger partial charge in [0.1, 0.15) is 11.2 Å². The number of thiophene rings is 1. The number of hydrogen-bond acceptors (Lipinski definition) is 5. The Hall–Kier alpha value is -1.66. The number of anilines is 1. The molecule has 2 N–H and O–H groups in total. The van der Waals surface area contributed by atoms with Gasteiger partial charge in [-0.1, -0.05) is 13.8 Å². The molecule has 6 heteroatoms. The summed E-state index contributed by atoms with van der Waals surface area (Å²) in [5, 5.41) is 13.2. The molecule has 1 aliphatic carbocycles. The molecule has 0 saturated heterocycles. The molecule has 140 valence electrons. The van der Waals surface area contributed by atoms with Gasteiger partial charge in [-0.3, -0.25) is 5.32 Å². The van der Waals surface area contributed by atoms with Gasteiger partial charge in [0.15, 0.2) is 0 Å². The largest absolute Gasteiger partial charge is 0.316 e. The van der Waals surface area contributed by atoms with Crippen LogP contribution in [0.1, 0.15) is 66.7 Å². The highest BCUT2D eigenvalue weighted by molar-refractivity contribution is 7.16. The molecule has 1 unspecified atom stereocenters. The molecule has 0 amide bonds. The summed E-state index contributed by atoms with van der Waals surface area (Å²) in [6.45, 7) is 9.64. The van der Waals surface area contributed by atoms with Crippen molar-refractivity contribution in [3.05, 3.63) is 33.5 Å². The average Bonchev–Trinajstić information content (AvgIpc) is 3.13. The van der Waals surface area contributed by atoms with E-state index < -0.39 is 0 Å². The molecule has 1 atom stereocenters. The first-order chi connectivity index (χ1) is 12.5. The first-order valence-corrected chi connectivity index (χ1v) is 10.6. The van der Waals surface area contributed by atoms with Crippen molar-refractivity contribution in [2.75, 3.05) is 11.9 Å². The zero-order chi connectivity index (χ0) is 18.3. The van der Waals surface area contributed by atoms with Crippen LogP contribution in [0.5, 0.6) is 0 Å². The number of nitrogens with one attached hydrogen (secondary N) is 2. The summed E-state index contributed by atoms with van der Waals surface area (Å²) >= 11 is 1.92. The van der Waals surface area contributed by atoms with Gasteiger partial charge in [-0.25, -0.2) is 9.67 Å². The second-order valence-corrected chi connectivity index (χ2v) is 9.01. The first-order valence-electron chi connectivity index (χ1n) is 9.79. The van der Waals surface area contributed by atoms with E-state index in [9.17, 15) is 0 Å². The van der Waals surface area contributed by atoms with Crippen LogP contribution in [0.3, 0.4) is 0 Å². The first kappa shape index (κ1) is 17.7. The molecule has 2 aliphatic rings. The van der Waals surface area contributed by atoms with E-state index in [0.29, 0.717) is 5.92 Å². The molecular formula is C20H29N5S. The van der Waals surface area contributed by atoms with Crippen molar-refractivity contribution in [2.24, 2.45) is 10.9 Å². The monoisotopic (exact) mass is 371 g/mol. The topological polar surface area (TPSA) is 54.2 Å². The Labute approximate surface area is 159 Å². The Balaban J connectivity index is 1.69. The van der Waals surface area contributed by atoms with E-state index in [1.54, 1.807) is 10.4 Å². The molecule has 0 bridgehead atoms. The van der Waals surface area contributed by atoms with Gasteiger partial charge in [0.25, 0.3) is 0 Å². The number of rotatable bonds is 4. The van der Waals surface area contributed by atoms with E-state index in [-0.39, 0.29) is 6.17 Å².